The van der Waals surface area contributed by atoms with E-state index in [1.807, 2.05) is 12.1 Å². The number of nitrogens with one attached hydrogen (secondary N) is 1. The molecule has 100 valence electrons. The Kier molecular flexibility index (Phi) is 6.18. The van der Waals surface area contributed by atoms with Crippen LogP contribution >= 0.6 is 0 Å². The minimum absolute atomic E-state index is 0.290. The summed E-state index contributed by atoms with van der Waals surface area (Å²) in [5, 5.41) is 21.3. The normalized spacial score (nSPS) is 12.3. The predicted octanol–water partition coefficient (Wildman–Crippen LogP) is 1.06. The molecule has 0 spiro atoms. The van der Waals surface area contributed by atoms with Gasteiger partial charge in [0.1, 0.15) is 11.8 Å². The zero-order valence-corrected chi connectivity index (χ0v) is 10.3. The van der Waals surface area contributed by atoms with Crippen LogP contribution in [0, 0.1) is 0 Å². The maximum Gasteiger partial charge on any atom is 0.320 e. The van der Waals surface area contributed by atoms with Crippen LogP contribution in [0.5, 0.6) is 5.75 Å². The van der Waals surface area contributed by atoms with E-state index in [4.69, 9.17) is 10.8 Å². The van der Waals surface area contributed by atoms with Gasteiger partial charge in [0, 0.05) is 12.1 Å². The minimum Gasteiger partial charge on any atom is -0.508 e. The molecule has 0 bridgehead atoms. The van der Waals surface area contributed by atoms with Crippen molar-refractivity contribution in [1.29, 1.82) is 0 Å². The highest BCUT2D eigenvalue weighted by Crippen LogP contribution is 2.14. The van der Waals surface area contributed by atoms with Crippen LogP contribution < -0.4 is 11.1 Å². The summed E-state index contributed by atoms with van der Waals surface area (Å²) in [7, 11) is 0. The molecule has 0 heterocycles. The number of hydrogen-bond acceptors (Lipinski definition) is 4. The minimum atomic E-state index is -0.947. The second-order valence-electron chi connectivity index (χ2n) is 4.25. The van der Waals surface area contributed by atoms with E-state index in [1.165, 1.54) is 0 Å². The Hall–Kier alpha value is -1.59. The van der Waals surface area contributed by atoms with Crippen LogP contribution in [0.1, 0.15) is 24.8 Å². The number of para-hydroxylation sites is 1. The van der Waals surface area contributed by atoms with Gasteiger partial charge in [-0.2, -0.15) is 0 Å². The molecule has 1 aromatic rings. The first kappa shape index (κ1) is 14.5. The van der Waals surface area contributed by atoms with Gasteiger partial charge >= 0.3 is 5.97 Å². The second kappa shape index (κ2) is 7.68. The van der Waals surface area contributed by atoms with Crippen LogP contribution in [-0.4, -0.2) is 28.8 Å². The van der Waals surface area contributed by atoms with E-state index in [0.717, 1.165) is 24.9 Å². The Bertz CT molecular complexity index is 382. The first-order valence-corrected chi connectivity index (χ1v) is 6.07. The van der Waals surface area contributed by atoms with Gasteiger partial charge in [0.2, 0.25) is 0 Å². The molecule has 1 atom stereocenters. The summed E-state index contributed by atoms with van der Waals surface area (Å²) in [5.74, 6) is -0.657. The lowest BCUT2D eigenvalue weighted by Gasteiger charge is -2.08. The van der Waals surface area contributed by atoms with Crippen LogP contribution in [0.25, 0.3) is 0 Å². The molecule has 0 radical (unpaired) electrons. The summed E-state index contributed by atoms with van der Waals surface area (Å²) in [5.41, 5.74) is 6.25. The van der Waals surface area contributed by atoms with Crippen molar-refractivity contribution >= 4 is 5.97 Å². The summed E-state index contributed by atoms with van der Waals surface area (Å²) in [6, 6.07) is 6.42. The van der Waals surface area contributed by atoms with Gasteiger partial charge in [0.15, 0.2) is 0 Å². The van der Waals surface area contributed by atoms with Crippen LogP contribution in [0.4, 0.5) is 0 Å². The van der Waals surface area contributed by atoms with Gasteiger partial charge in [0.05, 0.1) is 0 Å². The van der Waals surface area contributed by atoms with E-state index >= 15 is 0 Å². The van der Waals surface area contributed by atoms with Gasteiger partial charge in [-0.1, -0.05) is 24.6 Å². The highest BCUT2D eigenvalue weighted by Gasteiger charge is 2.09. The number of phenols is 1. The van der Waals surface area contributed by atoms with Crippen molar-refractivity contribution in [2.75, 3.05) is 6.54 Å². The number of carbonyl (C=O) groups is 1. The third kappa shape index (κ3) is 5.16. The van der Waals surface area contributed by atoms with E-state index < -0.39 is 12.0 Å². The molecule has 5 nitrogen and oxygen atoms in total. The monoisotopic (exact) mass is 252 g/mol. The molecule has 5 heteroatoms. The second-order valence-corrected chi connectivity index (χ2v) is 4.25. The first-order valence-electron chi connectivity index (χ1n) is 6.07. The molecule has 1 rings (SSSR count). The van der Waals surface area contributed by atoms with Crippen LogP contribution in [0.2, 0.25) is 0 Å². The quantitative estimate of drug-likeness (QED) is 0.519. The number of hydrogen-bond donors (Lipinski definition) is 4. The number of phenolic OH excluding ortho intramolecular Hbond substituents is 1. The SMILES string of the molecule is N[C@@H](CCCCNCc1ccccc1O)C(=O)O. The molecule has 18 heavy (non-hydrogen) atoms. The zero-order chi connectivity index (χ0) is 13.4. The van der Waals surface area contributed by atoms with Crippen molar-refractivity contribution in [1.82, 2.24) is 5.32 Å². The van der Waals surface area contributed by atoms with Crippen molar-refractivity contribution in [2.24, 2.45) is 5.73 Å². The van der Waals surface area contributed by atoms with Gasteiger partial charge in [-0.05, 0) is 25.5 Å². The number of carboxylic acids is 1. The standard InChI is InChI=1S/C13H20N2O3/c14-11(13(17)18)6-3-4-8-15-9-10-5-1-2-7-12(10)16/h1-2,5,7,11,15-16H,3-4,6,8-9,14H2,(H,17,18)/t11-/m0/s1. The van der Waals surface area contributed by atoms with Crippen molar-refractivity contribution in [2.45, 2.75) is 31.8 Å². The van der Waals surface area contributed by atoms with E-state index in [9.17, 15) is 9.90 Å². The summed E-state index contributed by atoms with van der Waals surface area (Å²) >= 11 is 0. The molecule has 5 N–H and O–H groups in total. The van der Waals surface area contributed by atoms with Crippen molar-refractivity contribution < 1.29 is 15.0 Å². The van der Waals surface area contributed by atoms with Crippen molar-refractivity contribution in [3.05, 3.63) is 29.8 Å². The third-order valence-electron chi connectivity index (χ3n) is 2.74. The van der Waals surface area contributed by atoms with E-state index in [0.29, 0.717) is 13.0 Å². The fraction of sp³-hybridized carbons (Fsp3) is 0.462. The van der Waals surface area contributed by atoms with Gasteiger partial charge in [-0.3, -0.25) is 4.79 Å². The van der Waals surface area contributed by atoms with Gasteiger partial charge in [0.25, 0.3) is 0 Å². The molecule has 0 aromatic heterocycles. The molecule has 0 aliphatic heterocycles. The maximum atomic E-state index is 10.5. The maximum absolute atomic E-state index is 10.5. The van der Waals surface area contributed by atoms with Gasteiger partial charge in [-0.25, -0.2) is 0 Å². The molecule has 1 aromatic carbocycles. The average molecular weight is 252 g/mol. The third-order valence-corrected chi connectivity index (χ3v) is 2.74. The Labute approximate surface area is 107 Å². The summed E-state index contributed by atoms with van der Waals surface area (Å²) in [6.45, 7) is 1.39. The fourth-order valence-electron chi connectivity index (χ4n) is 1.62. The number of benzene rings is 1. The molecule has 0 unspecified atom stereocenters. The number of aromatic hydroxyl groups is 1. The van der Waals surface area contributed by atoms with E-state index in [1.54, 1.807) is 12.1 Å². The molecular weight excluding hydrogens is 232 g/mol. The summed E-state index contributed by atoms with van der Waals surface area (Å²) < 4.78 is 0. The fourth-order valence-corrected chi connectivity index (χ4v) is 1.62. The molecule has 0 amide bonds. The number of unbranched alkanes of at least 4 members (excludes halogenated alkanes) is 1. The molecule has 0 aliphatic carbocycles. The molecule has 0 saturated carbocycles. The van der Waals surface area contributed by atoms with Gasteiger partial charge < -0.3 is 21.3 Å². The number of aliphatic carboxylic acids is 1. The summed E-state index contributed by atoms with van der Waals surface area (Å²) in [4.78, 5) is 10.5. The molecule has 0 fully saturated rings. The predicted molar refractivity (Wildman–Crippen MR) is 69.3 cm³/mol. The lowest BCUT2D eigenvalue weighted by Crippen LogP contribution is -2.30. The Morgan fingerprint density at radius 3 is 2.72 bits per heavy atom. The highest BCUT2D eigenvalue weighted by molar-refractivity contribution is 5.72. The van der Waals surface area contributed by atoms with Crippen LogP contribution in [0.15, 0.2) is 24.3 Å². The Morgan fingerprint density at radius 1 is 1.33 bits per heavy atom. The number of carboxylic acid groups (broad SMARTS) is 1. The van der Waals surface area contributed by atoms with E-state index in [2.05, 4.69) is 5.32 Å². The van der Waals surface area contributed by atoms with Gasteiger partial charge in [-0.15, -0.1) is 0 Å². The molecule has 0 aliphatic rings. The lowest BCUT2D eigenvalue weighted by molar-refractivity contribution is -0.138. The smallest absolute Gasteiger partial charge is 0.320 e. The first-order chi connectivity index (χ1) is 8.61. The number of rotatable bonds is 8. The largest absolute Gasteiger partial charge is 0.508 e. The topological polar surface area (TPSA) is 95.6 Å². The van der Waals surface area contributed by atoms with Crippen molar-refractivity contribution in [3.63, 3.8) is 0 Å². The van der Waals surface area contributed by atoms with E-state index in [-0.39, 0.29) is 5.75 Å². The average Bonchev–Trinajstić information content (AvgIpc) is 2.35. The number of nitrogens with two attached hydrogens (primary N) is 1. The lowest BCUT2D eigenvalue weighted by atomic mass is 10.1. The Morgan fingerprint density at radius 2 is 2.06 bits per heavy atom. The highest BCUT2D eigenvalue weighted by atomic mass is 16.4. The zero-order valence-electron chi connectivity index (χ0n) is 10.3. The summed E-state index contributed by atoms with van der Waals surface area (Å²) in [6.07, 6.45) is 2.14. The Balaban J connectivity index is 2.09. The molecule has 0 saturated heterocycles. The van der Waals surface area contributed by atoms with Crippen LogP contribution in [-0.2, 0) is 11.3 Å². The van der Waals surface area contributed by atoms with Crippen molar-refractivity contribution in [3.8, 4) is 5.75 Å². The van der Waals surface area contributed by atoms with Crippen LogP contribution in [0.3, 0.4) is 0 Å². The molecular formula is C13H20N2O3.